The summed E-state index contributed by atoms with van der Waals surface area (Å²) in [4.78, 5) is 15.3. The maximum Gasteiger partial charge on any atom is 0.315 e. The fourth-order valence-electron chi connectivity index (χ4n) is 17.3. The minimum atomic E-state index is -1.80. The van der Waals surface area contributed by atoms with Crippen molar-refractivity contribution >= 4 is 5.97 Å². The van der Waals surface area contributed by atoms with Crippen molar-refractivity contribution in [2.45, 2.75) is 267 Å². The normalized spacial score (nSPS) is 55.4. The molecule has 32 atom stereocenters. The Labute approximate surface area is 483 Å². The van der Waals surface area contributed by atoms with Gasteiger partial charge in [-0.1, -0.05) is 53.2 Å². The molecule has 5 heterocycles. The van der Waals surface area contributed by atoms with Gasteiger partial charge in [0.15, 0.2) is 31.3 Å². The summed E-state index contributed by atoms with van der Waals surface area (Å²) in [6.07, 6.45) is -27.7. The highest BCUT2D eigenvalue weighted by atomic mass is 16.8. The maximum atomic E-state index is 15.3. The van der Waals surface area contributed by atoms with E-state index in [1.807, 2.05) is 6.92 Å². The number of aliphatic hydroxyl groups excluding tert-OH is 14. The Balaban J connectivity index is 0.878. The maximum absolute atomic E-state index is 15.3. The quantitative estimate of drug-likeness (QED) is 0.0576. The molecule has 4 saturated carbocycles. The molecule has 0 amide bonds. The highest BCUT2D eigenvalue weighted by Gasteiger charge is 2.71. The smallest absolute Gasteiger partial charge is 0.315 e. The van der Waals surface area contributed by atoms with Crippen molar-refractivity contribution in [3.8, 4) is 0 Å². The number of hydrogen-bond acceptors (Lipinski definition) is 25. The van der Waals surface area contributed by atoms with E-state index in [9.17, 15) is 71.5 Å². The van der Waals surface area contributed by atoms with Crippen LogP contribution in [0.15, 0.2) is 11.6 Å². The Hall–Kier alpha value is -1.71. The lowest BCUT2D eigenvalue weighted by molar-refractivity contribution is -0.379. The van der Waals surface area contributed by atoms with Gasteiger partial charge >= 0.3 is 5.97 Å². The van der Waals surface area contributed by atoms with Gasteiger partial charge in [-0.25, -0.2) is 0 Å². The molecule has 32 unspecified atom stereocenters. The van der Waals surface area contributed by atoms with Gasteiger partial charge in [0.05, 0.1) is 50.2 Å². The van der Waals surface area contributed by atoms with Gasteiger partial charge < -0.3 is 119 Å². The Kier molecular flexibility index (Phi) is 18.3. The van der Waals surface area contributed by atoms with E-state index in [4.69, 9.17) is 47.4 Å². The summed E-state index contributed by atoms with van der Waals surface area (Å²) in [5.41, 5.74) is -1.99. The number of rotatable bonds is 12. The lowest BCUT2D eigenvalue weighted by Gasteiger charge is -2.71. The number of allylic oxidation sites excluding steroid dienone is 2. The minimum absolute atomic E-state index is 0.0974. The van der Waals surface area contributed by atoms with E-state index in [1.165, 1.54) is 19.4 Å². The molecule has 0 spiro atoms. The first-order valence-electron chi connectivity index (χ1n) is 30.0. The summed E-state index contributed by atoms with van der Waals surface area (Å²) in [5.74, 6) is -0.866. The minimum Gasteiger partial charge on any atom is -0.432 e. The van der Waals surface area contributed by atoms with Crippen LogP contribution in [0.5, 0.6) is 0 Å². The van der Waals surface area contributed by atoms with Crippen LogP contribution in [-0.4, -0.2) is 251 Å². The monoisotopic (exact) mass is 1190 g/mol. The largest absolute Gasteiger partial charge is 0.432 e. The first-order valence-corrected chi connectivity index (χ1v) is 30.0. The molecule has 83 heavy (non-hydrogen) atoms. The van der Waals surface area contributed by atoms with Gasteiger partial charge in [-0.15, -0.1) is 0 Å². The first kappa shape index (κ1) is 64.3. The van der Waals surface area contributed by atoms with E-state index in [1.54, 1.807) is 0 Å². The van der Waals surface area contributed by atoms with Crippen LogP contribution in [-0.2, 0) is 52.2 Å². The molecule has 10 aliphatic rings. The van der Waals surface area contributed by atoms with E-state index in [0.29, 0.717) is 57.8 Å². The van der Waals surface area contributed by atoms with Gasteiger partial charge in [0.25, 0.3) is 0 Å². The Bertz CT molecular complexity index is 2310. The molecule has 5 saturated heterocycles. The second-order valence-corrected chi connectivity index (χ2v) is 28.0. The van der Waals surface area contributed by atoms with E-state index in [-0.39, 0.29) is 47.2 Å². The molecule has 9 fully saturated rings. The third-order valence-electron chi connectivity index (χ3n) is 22.8. The topological polar surface area (TPSA) is 393 Å². The molecular formula is C58H94O25. The second-order valence-electron chi connectivity index (χ2n) is 28.0. The lowest BCUT2D eigenvalue weighted by atomic mass is 9.33. The number of ether oxygens (including phenoxy) is 10. The molecule has 0 aromatic rings. The van der Waals surface area contributed by atoms with E-state index in [0.717, 1.165) is 6.42 Å². The molecule has 0 aromatic heterocycles. The predicted octanol–water partition coefficient (Wildman–Crippen LogP) is -1.91. The van der Waals surface area contributed by atoms with Gasteiger partial charge in [0.1, 0.15) is 91.6 Å². The number of carbonyl (C=O) groups is 1. The number of hydrogen-bond donors (Lipinski definition) is 14. The standard InChI is InChI=1S/C58H94O25/c1-24-34(63)39(68)42(71)48(76-24)82-46-40(69)38(67)30(20-59)78-51(46)83-52(73)58-17-15-53(3,4)19-27(58)26-9-10-32-54(5)13-12-33(55(6,23-60)31(54)11-14-57(32,8)56(26,7)16-18-58)79-50-45(37(66)29(62)22-75-50)81-49-43(72)44(35(64)25(2)77-49)80-47-41(70)36(65)28(61)21-74-47/h9,24-25,27-51,59-72H,10-23H2,1-8H3. The molecule has 0 bridgehead atoms. The Morgan fingerprint density at radius 3 is 1.81 bits per heavy atom. The van der Waals surface area contributed by atoms with Crippen molar-refractivity contribution < 1.29 is 124 Å². The number of carbonyl (C=O) groups excluding carboxylic acids is 1. The molecule has 10 rings (SSSR count). The zero-order valence-electron chi connectivity index (χ0n) is 48.8. The fraction of sp³-hybridized carbons (Fsp3) is 0.948. The molecule has 25 nitrogen and oxygen atoms in total. The summed E-state index contributed by atoms with van der Waals surface area (Å²) in [5, 5.41) is 152. The van der Waals surface area contributed by atoms with E-state index >= 15 is 4.79 Å². The summed E-state index contributed by atoms with van der Waals surface area (Å²) < 4.78 is 60.2. The average Bonchev–Trinajstić information content (AvgIpc) is 0.799. The van der Waals surface area contributed by atoms with Crippen LogP contribution in [0.4, 0.5) is 0 Å². The van der Waals surface area contributed by atoms with Crippen LogP contribution in [0.1, 0.15) is 120 Å². The van der Waals surface area contributed by atoms with Crippen molar-refractivity contribution in [2.75, 3.05) is 26.4 Å². The molecule has 25 heteroatoms. The van der Waals surface area contributed by atoms with Crippen molar-refractivity contribution in [1.29, 1.82) is 0 Å². The highest BCUT2D eigenvalue weighted by molar-refractivity contribution is 5.79. The molecule has 0 aromatic carbocycles. The van der Waals surface area contributed by atoms with Gasteiger partial charge in [-0.3, -0.25) is 4.79 Å². The van der Waals surface area contributed by atoms with Crippen LogP contribution in [0.25, 0.3) is 0 Å². The molecule has 0 radical (unpaired) electrons. The fourth-order valence-corrected chi connectivity index (χ4v) is 17.3. The third-order valence-corrected chi connectivity index (χ3v) is 22.8. The molecular weight excluding hydrogens is 1100 g/mol. The number of esters is 1. The zero-order chi connectivity index (χ0) is 60.4. The van der Waals surface area contributed by atoms with E-state index < -0.39 is 183 Å². The SMILES string of the molecule is CC1OC(OC2C(OC(=O)C34CCC(C)(C)CC3C3=CCC5C6(C)CCC(OC7OCC(O)C(O)C7OC7OC(C)C(O)C(OC8OCC(O)C(O)C8O)C7O)C(C)(CO)C6CCC5(C)C3(C)CC4)OC(CO)C(O)C2O)C(O)C(O)C1O. The average molecular weight is 1190 g/mol. The first-order chi connectivity index (χ1) is 38.9. The third kappa shape index (κ3) is 10.7. The van der Waals surface area contributed by atoms with Crippen molar-refractivity contribution in [1.82, 2.24) is 0 Å². The molecule has 5 aliphatic carbocycles. The van der Waals surface area contributed by atoms with E-state index in [2.05, 4.69) is 40.7 Å². The van der Waals surface area contributed by atoms with Crippen molar-refractivity contribution in [3.05, 3.63) is 11.6 Å². The molecule has 14 N–H and O–H groups in total. The van der Waals surface area contributed by atoms with Gasteiger partial charge in [-0.05, 0) is 117 Å². The summed E-state index contributed by atoms with van der Waals surface area (Å²) in [6.45, 7) is 14.6. The van der Waals surface area contributed by atoms with Crippen LogP contribution < -0.4 is 0 Å². The summed E-state index contributed by atoms with van der Waals surface area (Å²) >= 11 is 0. The van der Waals surface area contributed by atoms with Gasteiger partial charge in [-0.2, -0.15) is 0 Å². The molecule has 476 valence electrons. The number of fused-ring (bicyclic) bond motifs is 7. The highest BCUT2D eigenvalue weighted by Crippen LogP contribution is 2.76. The Morgan fingerprint density at radius 2 is 1.14 bits per heavy atom. The number of aliphatic hydroxyl groups is 14. The van der Waals surface area contributed by atoms with Crippen LogP contribution >= 0.6 is 0 Å². The van der Waals surface area contributed by atoms with Crippen LogP contribution in [0.3, 0.4) is 0 Å². The van der Waals surface area contributed by atoms with Crippen LogP contribution in [0, 0.1) is 50.2 Å². The van der Waals surface area contributed by atoms with Crippen LogP contribution in [0.2, 0.25) is 0 Å². The Morgan fingerprint density at radius 1 is 0.554 bits per heavy atom. The predicted molar refractivity (Wildman–Crippen MR) is 282 cm³/mol. The zero-order valence-corrected chi connectivity index (χ0v) is 48.8. The lowest BCUT2D eigenvalue weighted by Crippen LogP contribution is -2.67. The van der Waals surface area contributed by atoms with Crippen molar-refractivity contribution in [3.63, 3.8) is 0 Å². The van der Waals surface area contributed by atoms with Gasteiger partial charge in [0.2, 0.25) is 6.29 Å². The second kappa shape index (κ2) is 23.6. The summed E-state index contributed by atoms with van der Waals surface area (Å²) in [7, 11) is 0. The molecule has 5 aliphatic heterocycles. The summed E-state index contributed by atoms with van der Waals surface area (Å²) in [6, 6.07) is 0. The van der Waals surface area contributed by atoms with Gasteiger partial charge in [0, 0.05) is 5.41 Å². The van der Waals surface area contributed by atoms with Crippen molar-refractivity contribution in [2.24, 2.45) is 50.2 Å².